The topological polar surface area (TPSA) is 66.5 Å². The second kappa shape index (κ2) is 10.3. The maximum absolute atomic E-state index is 13.1. The van der Waals surface area contributed by atoms with Gasteiger partial charge in [0.15, 0.2) is 0 Å². The molecule has 2 rings (SSSR count). The Bertz CT molecular complexity index is 903. The Morgan fingerprint density at radius 1 is 1.11 bits per heavy atom. The van der Waals surface area contributed by atoms with Crippen LogP contribution in [0.2, 0.25) is 10.0 Å². The van der Waals surface area contributed by atoms with Gasteiger partial charge in [-0.2, -0.15) is 4.31 Å². The molecule has 28 heavy (non-hydrogen) atoms. The number of carbonyl (C=O) groups excluding carboxylic acids is 1. The van der Waals surface area contributed by atoms with Gasteiger partial charge in [0.25, 0.3) is 0 Å². The highest BCUT2D eigenvalue weighted by atomic mass is 35.5. The van der Waals surface area contributed by atoms with E-state index >= 15 is 0 Å². The number of hydrogen-bond acceptors (Lipinski definition) is 3. The lowest BCUT2D eigenvalue weighted by atomic mass is 10.1. The maximum Gasteiger partial charge on any atom is 0.243 e. The molecule has 2 aromatic rings. The minimum atomic E-state index is -3.88. The number of hydrogen-bond donors (Lipinski definition) is 1. The average Bonchev–Trinajstić information content (AvgIpc) is 2.63. The molecular formula is C20H24Cl2N2O3S. The van der Waals surface area contributed by atoms with Crippen molar-refractivity contribution in [2.24, 2.45) is 5.92 Å². The Hall–Kier alpha value is -1.60. The van der Waals surface area contributed by atoms with Crippen molar-refractivity contribution in [3.05, 3.63) is 64.1 Å². The van der Waals surface area contributed by atoms with Gasteiger partial charge in [0.1, 0.15) is 0 Å². The summed E-state index contributed by atoms with van der Waals surface area (Å²) in [6.45, 7) is 4.28. The lowest BCUT2D eigenvalue weighted by molar-refractivity contribution is -0.121. The first kappa shape index (κ1) is 22.7. The zero-order valence-electron chi connectivity index (χ0n) is 15.9. The van der Waals surface area contributed by atoms with Crippen LogP contribution in [0.3, 0.4) is 0 Å². The average molecular weight is 443 g/mol. The van der Waals surface area contributed by atoms with Crippen LogP contribution in [0.1, 0.15) is 25.8 Å². The number of rotatable bonds is 9. The van der Waals surface area contributed by atoms with Gasteiger partial charge in [0, 0.05) is 23.1 Å². The quantitative estimate of drug-likeness (QED) is 0.627. The number of halogens is 2. The number of nitrogens with zero attached hydrogens (tertiary/aromatic N) is 1. The Balaban J connectivity index is 2.26. The summed E-state index contributed by atoms with van der Waals surface area (Å²) in [5.41, 5.74) is 0.570. The Morgan fingerprint density at radius 2 is 1.79 bits per heavy atom. The van der Waals surface area contributed by atoms with Crippen molar-refractivity contribution < 1.29 is 13.2 Å². The minimum absolute atomic E-state index is 0.0369. The molecule has 8 heteroatoms. The molecule has 0 aromatic heterocycles. The first-order valence-corrected chi connectivity index (χ1v) is 11.2. The zero-order valence-corrected chi connectivity index (χ0v) is 18.2. The van der Waals surface area contributed by atoms with Crippen molar-refractivity contribution in [2.45, 2.75) is 31.7 Å². The minimum Gasteiger partial charge on any atom is -0.355 e. The van der Waals surface area contributed by atoms with Crippen molar-refractivity contribution in [3.63, 3.8) is 0 Å². The molecule has 0 spiro atoms. The number of nitrogens with one attached hydrogen (secondary N) is 1. The van der Waals surface area contributed by atoms with E-state index in [9.17, 15) is 13.2 Å². The smallest absolute Gasteiger partial charge is 0.243 e. The number of sulfonamides is 1. The Kier molecular flexibility index (Phi) is 8.31. The van der Waals surface area contributed by atoms with Crippen LogP contribution in [0, 0.1) is 5.92 Å². The van der Waals surface area contributed by atoms with E-state index in [0.29, 0.717) is 28.1 Å². The summed E-state index contributed by atoms with van der Waals surface area (Å²) in [6, 6.07) is 12.9. The van der Waals surface area contributed by atoms with Crippen LogP contribution in [-0.4, -0.2) is 31.7 Å². The van der Waals surface area contributed by atoms with Gasteiger partial charge in [-0.05, 0) is 42.2 Å². The van der Waals surface area contributed by atoms with Gasteiger partial charge in [-0.15, -0.1) is 0 Å². The van der Waals surface area contributed by atoms with E-state index in [1.807, 2.05) is 0 Å². The zero-order chi connectivity index (χ0) is 20.7. The summed E-state index contributed by atoms with van der Waals surface area (Å²) in [4.78, 5) is 12.5. The fourth-order valence-electron chi connectivity index (χ4n) is 2.52. The number of amides is 1. The van der Waals surface area contributed by atoms with Crippen LogP contribution in [0.25, 0.3) is 0 Å². The Morgan fingerprint density at radius 3 is 2.39 bits per heavy atom. The second-order valence-electron chi connectivity index (χ2n) is 6.85. The third-order valence-corrected chi connectivity index (χ3v) is 6.50. The fourth-order valence-corrected chi connectivity index (χ4v) is 4.39. The highest BCUT2D eigenvalue weighted by Crippen LogP contribution is 2.25. The van der Waals surface area contributed by atoms with Gasteiger partial charge in [-0.1, -0.05) is 61.3 Å². The van der Waals surface area contributed by atoms with E-state index in [0.717, 1.165) is 10.7 Å². The van der Waals surface area contributed by atoms with E-state index in [1.165, 1.54) is 12.1 Å². The van der Waals surface area contributed by atoms with Gasteiger partial charge in [-0.25, -0.2) is 8.42 Å². The molecule has 0 saturated heterocycles. The molecular weight excluding hydrogens is 419 g/mol. The van der Waals surface area contributed by atoms with Gasteiger partial charge in [0.2, 0.25) is 15.9 Å². The van der Waals surface area contributed by atoms with Crippen molar-refractivity contribution in [1.29, 1.82) is 0 Å². The summed E-state index contributed by atoms with van der Waals surface area (Å²) in [7, 11) is -3.88. The molecule has 0 radical (unpaired) electrons. The molecule has 0 aliphatic heterocycles. The molecule has 0 unspecified atom stereocenters. The summed E-state index contributed by atoms with van der Waals surface area (Å²) in [6.07, 6.45) is 0.820. The number of carbonyl (C=O) groups is 1. The highest BCUT2D eigenvalue weighted by Gasteiger charge is 2.27. The first-order chi connectivity index (χ1) is 13.2. The third kappa shape index (κ3) is 6.48. The SMILES string of the molecule is CC(C)CCNC(=O)CN(Cc1ccc(Cl)cc1Cl)S(=O)(=O)c1ccccc1. The standard InChI is InChI=1S/C20H24Cl2N2O3S/c1-15(2)10-11-23-20(25)14-24(13-16-8-9-17(21)12-19(16)22)28(26,27)18-6-4-3-5-7-18/h3-9,12,15H,10-11,13-14H2,1-2H3,(H,23,25). The predicted molar refractivity (Wildman–Crippen MR) is 113 cm³/mol. The summed E-state index contributed by atoms with van der Waals surface area (Å²) < 4.78 is 27.3. The van der Waals surface area contributed by atoms with E-state index in [-0.39, 0.29) is 23.9 Å². The van der Waals surface area contributed by atoms with Crippen LogP contribution in [-0.2, 0) is 21.4 Å². The summed E-state index contributed by atoms with van der Waals surface area (Å²) in [5, 5.41) is 3.58. The monoisotopic (exact) mass is 442 g/mol. The molecule has 0 aliphatic carbocycles. The van der Waals surface area contributed by atoms with Crippen molar-refractivity contribution in [3.8, 4) is 0 Å². The Labute approximate surface area is 176 Å². The molecule has 1 N–H and O–H groups in total. The van der Waals surface area contributed by atoms with Crippen LogP contribution in [0.15, 0.2) is 53.4 Å². The molecule has 0 saturated carbocycles. The molecule has 0 heterocycles. The first-order valence-electron chi connectivity index (χ1n) is 8.96. The van der Waals surface area contributed by atoms with E-state index < -0.39 is 10.0 Å². The summed E-state index contributed by atoms with van der Waals surface area (Å²) in [5.74, 6) is 0.0857. The third-order valence-electron chi connectivity index (χ3n) is 4.11. The van der Waals surface area contributed by atoms with Crippen molar-refractivity contribution in [2.75, 3.05) is 13.1 Å². The lowest BCUT2D eigenvalue weighted by Crippen LogP contribution is -2.40. The fraction of sp³-hybridized carbons (Fsp3) is 0.350. The molecule has 0 aliphatic rings. The highest BCUT2D eigenvalue weighted by molar-refractivity contribution is 7.89. The molecule has 0 fully saturated rings. The van der Waals surface area contributed by atoms with Crippen molar-refractivity contribution >= 4 is 39.1 Å². The molecule has 0 atom stereocenters. The normalized spacial score (nSPS) is 11.8. The second-order valence-corrected chi connectivity index (χ2v) is 9.64. The van der Waals surface area contributed by atoms with Crippen LogP contribution in [0.5, 0.6) is 0 Å². The molecule has 2 aromatic carbocycles. The van der Waals surface area contributed by atoms with E-state index in [4.69, 9.17) is 23.2 Å². The van der Waals surface area contributed by atoms with Gasteiger partial charge in [0.05, 0.1) is 11.4 Å². The van der Waals surface area contributed by atoms with E-state index in [1.54, 1.807) is 36.4 Å². The molecule has 1 amide bonds. The maximum atomic E-state index is 13.1. The van der Waals surface area contributed by atoms with Crippen LogP contribution >= 0.6 is 23.2 Å². The van der Waals surface area contributed by atoms with Crippen molar-refractivity contribution in [1.82, 2.24) is 9.62 Å². The number of benzene rings is 2. The van der Waals surface area contributed by atoms with Crippen LogP contribution in [0.4, 0.5) is 0 Å². The molecule has 152 valence electrons. The van der Waals surface area contributed by atoms with E-state index in [2.05, 4.69) is 19.2 Å². The van der Waals surface area contributed by atoms with Gasteiger partial charge in [-0.3, -0.25) is 4.79 Å². The summed E-state index contributed by atoms with van der Waals surface area (Å²) >= 11 is 12.1. The largest absolute Gasteiger partial charge is 0.355 e. The molecule has 5 nitrogen and oxygen atoms in total. The van der Waals surface area contributed by atoms with Crippen LogP contribution < -0.4 is 5.32 Å². The lowest BCUT2D eigenvalue weighted by Gasteiger charge is -2.22. The molecule has 0 bridgehead atoms. The van der Waals surface area contributed by atoms with Gasteiger partial charge < -0.3 is 5.32 Å². The predicted octanol–water partition coefficient (Wildman–Crippen LogP) is 4.35. The van der Waals surface area contributed by atoms with Gasteiger partial charge >= 0.3 is 0 Å².